The highest BCUT2D eigenvalue weighted by molar-refractivity contribution is 5.74. The zero-order chi connectivity index (χ0) is 14.5. The van der Waals surface area contributed by atoms with Gasteiger partial charge in [-0.3, -0.25) is 4.79 Å². The maximum atomic E-state index is 11.9. The summed E-state index contributed by atoms with van der Waals surface area (Å²) in [6, 6.07) is -0.211. The van der Waals surface area contributed by atoms with E-state index in [9.17, 15) is 9.59 Å². The standard InChI is InChI=1S/C13H20N4O3/c1-17(8-11-14-5-6-15-11)13(20)16-7-9-3-2-4-10(9)12(18)19/h5-6,9-10H,2-4,7-8H2,1H3,(H,14,15)(H,16,20)(H,18,19). The van der Waals surface area contributed by atoms with Crippen LogP contribution in [0.4, 0.5) is 4.79 Å². The number of carboxylic acids is 1. The molecule has 0 spiro atoms. The van der Waals surface area contributed by atoms with Gasteiger partial charge in [0.15, 0.2) is 0 Å². The Morgan fingerprint density at radius 2 is 2.35 bits per heavy atom. The number of carbonyl (C=O) groups excluding carboxylic acids is 1. The predicted octanol–water partition coefficient (Wildman–Crippen LogP) is 1.05. The smallest absolute Gasteiger partial charge is 0.317 e. The quantitative estimate of drug-likeness (QED) is 0.750. The number of nitrogens with one attached hydrogen (secondary N) is 2. The summed E-state index contributed by atoms with van der Waals surface area (Å²) in [6.45, 7) is 0.810. The van der Waals surface area contributed by atoms with Crippen LogP contribution in [0.2, 0.25) is 0 Å². The maximum absolute atomic E-state index is 11.9. The molecule has 7 heteroatoms. The topological polar surface area (TPSA) is 98.3 Å². The van der Waals surface area contributed by atoms with Crippen LogP contribution in [-0.2, 0) is 11.3 Å². The van der Waals surface area contributed by atoms with Crippen LogP contribution in [0.15, 0.2) is 12.4 Å². The Morgan fingerprint density at radius 1 is 1.55 bits per heavy atom. The van der Waals surface area contributed by atoms with Crippen LogP contribution in [0, 0.1) is 11.8 Å². The minimum atomic E-state index is -0.759. The molecule has 2 atom stereocenters. The molecule has 1 aliphatic rings. The van der Waals surface area contributed by atoms with E-state index in [0.29, 0.717) is 25.3 Å². The van der Waals surface area contributed by atoms with Crippen molar-refractivity contribution in [3.05, 3.63) is 18.2 Å². The lowest BCUT2D eigenvalue weighted by Gasteiger charge is -2.20. The minimum Gasteiger partial charge on any atom is -0.481 e. The second-order valence-electron chi connectivity index (χ2n) is 5.21. The highest BCUT2D eigenvalue weighted by Gasteiger charge is 2.33. The maximum Gasteiger partial charge on any atom is 0.317 e. The summed E-state index contributed by atoms with van der Waals surface area (Å²) in [6.07, 6.45) is 5.82. The normalized spacial score (nSPS) is 21.6. The number of rotatable bonds is 5. The fraction of sp³-hybridized carbons (Fsp3) is 0.615. The summed E-state index contributed by atoms with van der Waals surface area (Å²) in [5.74, 6) is -0.336. The third kappa shape index (κ3) is 3.49. The molecule has 1 heterocycles. The molecule has 1 fully saturated rings. The third-order valence-electron chi connectivity index (χ3n) is 3.78. The Kier molecular flexibility index (Phi) is 4.60. The van der Waals surface area contributed by atoms with Crippen molar-refractivity contribution in [2.75, 3.05) is 13.6 Å². The number of nitrogens with zero attached hydrogens (tertiary/aromatic N) is 2. The summed E-state index contributed by atoms with van der Waals surface area (Å²) in [5.41, 5.74) is 0. The lowest BCUT2D eigenvalue weighted by atomic mass is 9.96. The summed E-state index contributed by atoms with van der Waals surface area (Å²) in [7, 11) is 1.68. The fourth-order valence-electron chi connectivity index (χ4n) is 2.64. The molecular formula is C13H20N4O3. The molecule has 0 aromatic carbocycles. The fourth-order valence-corrected chi connectivity index (χ4v) is 2.64. The van der Waals surface area contributed by atoms with Crippen molar-refractivity contribution in [1.82, 2.24) is 20.2 Å². The van der Waals surface area contributed by atoms with Gasteiger partial charge in [0.2, 0.25) is 0 Å². The van der Waals surface area contributed by atoms with E-state index in [-0.39, 0.29) is 17.9 Å². The van der Waals surface area contributed by atoms with Crippen molar-refractivity contribution in [3.63, 3.8) is 0 Å². The van der Waals surface area contributed by atoms with Crippen LogP contribution in [0.5, 0.6) is 0 Å². The average molecular weight is 280 g/mol. The second-order valence-corrected chi connectivity index (χ2v) is 5.21. The van der Waals surface area contributed by atoms with Gasteiger partial charge in [0.1, 0.15) is 5.82 Å². The molecule has 20 heavy (non-hydrogen) atoms. The first-order valence-corrected chi connectivity index (χ1v) is 6.78. The summed E-state index contributed by atoms with van der Waals surface area (Å²) >= 11 is 0. The van der Waals surface area contributed by atoms with Gasteiger partial charge in [-0.05, 0) is 18.8 Å². The Hall–Kier alpha value is -2.05. The van der Waals surface area contributed by atoms with Gasteiger partial charge in [-0.25, -0.2) is 9.78 Å². The van der Waals surface area contributed by atoms with E-state index in [4.69, 9.17) is 5.11 Å². The van der Waals surface area contributed by atoms with Gasteiger partial charge >= 0.3 is 12.0 Å². The van der Waals surface area contributed by atoms with Crippen molar-refractivity contribution < 1.29 is 14.7 Å². The minimum absolute atomic E-state index is 0.0356. The van der Waals surface area contributed by atoms with Crippen LogP contribution in [0.25, 0.3) is 0 Å². The van der Waals surface area contributed by atoms with Crippen molar-refractivity contribution >= 4 is 12.0 Å². The molecule has 1 aliphatic carbocycles. The number of imidazole rings is 1. The van der Waals surface area contributed by atoms with Gasteiger partial charge < -0.3 is 20.3 Å². The van der Waals surface area contributed by atoms with Gasteiger partial charge in [-0.2, -0.15) is 0 Å². The molecule has 1 saturated carbocycles. The molecular weight excluding hydrogens is 260 g/mol. The SMILES string of the molecule is CN(Cc1ncc[nH]1)C(=O)NCC1CCCC1C(=O)O. The number of carbonyl (C=O) groups is 2. The average Bonchev–Trinajstić information content (AvgIpc) is 3.06. The monoisotopic (exact) mass is 280 g/mol. The Balaban J connectivity index is 1.78. The van der Waals surface area contributed by atoms with E-state index in [1.54, 1.807) is 19.4 Å². The zero-order valence-electron chi connectivity index (χ0n) is 11.5. The first kappa shape index (κ1) is 14.4. The number of amides is 2. The van der Waals surface area contributed by atoms with Gasteiger partial charge in [0, 0.05) is 26.0 Å². The van der Waals surface area contributed by atoms with Gasteiger partial charge in [0.05, 0.1) is 12.5 Å². The van der Waals surface area contributed by atoms with Crippen LogP contribution >= 0.6 is 0 Å². The molecule has 0 radical (unpaired) electrons. The van der Waals surface area contributed by atoms with Crippen molar-refractivity contribution in [2.24, 2.45) is 11.8 Å². The van der Waals surface area contributed by atoms with Crippen LogP contribution in [0.1, 0.15) is 25.1 Å². The van der Waals surface area contributed by atoms with Gasteiger partial charge in [-0.1, -0.05) is 6.42 Å². The predicted molar refractivity (Wildman–Crippen MR) is 71.9 cm³/mol. The summed E-state index contributed by atoms with van der Waals surface area (Å²) in [5, 5.41) is 11.9. The molecule has 0 saturated heterocycles. The van der Waals surface area contributed by atoms with Gasteiger partial charge in [-0.15, -0.1) is 0 Å². The molecule has 1 aromatic rings. The van der Waals surface area contributed by atoms with E-state index in [1.165, 1.54) is 4.90 Å². The Bertz CT molecular complexity index is 460. The largest absolute Gasteiger partial charge is 0.481 e. The number of hydrogen-bond acceptors (Lipinski definition) is 3. The highest BCUT2D eigenvalue weighted by Crippen LogP contribution is 2.31. The lowest BCUT2D eigenvalue weighted by Crippen LogP contribution is -2.40. The molecule has 110 valence electrons. The molecule has 7 nitrogen and oxygen atoms in total. The van der Waals surface area contributed by atoms with Gasteiger partial charge in [0.25, 0.3) is 0 Å². The number of aliphatic carboxylic acids is 1. The Morgan fingerprint density at radius 3 is 3.00 bits per heavy atom. The van der Waals surface area contributed by atoms with Crippen molar-refractivity contribution in [2.45, 2.75) is 25.8 Å². The summed E-state index contributed by atoms with van der Waals surface area (Å²) < 4.78 is 0. The van der Waals surface area contributed by atoms with E-state index in [2.05, 4.69) is 15.3 Å². The molecule has 2 rings (SSSR count). The number of aromatic amines is 1. The number of aromatic nitrogens is 2. The zero-order valence-corrected chi connectivity index (χ0v) is 11.5. The third-order valence-corrected chi connectivity index (χ3v) is 3.78. The number of urea groups is 1. The van der Waals surface area contributed by atoms with Crippen LogP contribution in [0.3, 0.4) is 0 Å². The van der Waals surface area contributed by atoms with E-state index in [0.717, 1.165) is 12.8 Å². The molecule has 0 bridgehead atoms. The van der Waals surface area contributed by atoms with Crippen molar-refractivity contribution in [1.29, 1.82) is 0 Å². The molecule has 2 unspecified atom stereocenters. The molecule has 2 amide bonds. The second kappa shape index (κ2) is 6.40. The van der Waals surface area contributed by atoms with E-state index in [1.807, 2.05) is 0 Å². The van der Waals surface area contributed by atoms with Crippen LogP contribution in [-0.4, -0.2) is 45.6 Å². The first-order chi connectivity index (χ1) is 9.58. The highest BCUT2D eigenvalue weighted by atomic mass is 16.4. The molecule has 0 aliphatic heterocycles. The van der Waals surface area contributed by atoms with E-state index >= 15 is 0 Å². The number of hydrogen-bond donors (Lipinski definition) is 3. The molecule has 1 aromatic heterocycles. The first-order valence-electron chi connectivity index (χ1n) is 6.78. The summed E-state index contributed by atoms with van der Waals surface area (Å²) in [4.78, 5) is 31.5. The number of H-pyrrole nitrogens is 1. The van der Waals surface area contributed by atoms with E-state index < -0.39 is 5.97 Å². The van der Waals surface area contributed by atoms with Crippen LogP contribution < -0.4 is 5.32 Å². The lowest BCUT2D eigenvalue weighted by molar-refractivity contribution is -0.142. The van der Waals surface area contributed by atoms with Crippen molar-refractivity contribution in [3.8, 4) is 0 Å². The Labute approximate surface area is 117 Å². The number of carboxylic acid groups (broad SMARTS) is 1. The molecule has 3 N–H and O–H groups in total.